The fraction of sp³-hybridized carbons (Fsp3) is 0.200. The summed E-state index contributed by atoms with van der Waals surface area (Å²) in [4.78, 5) is 17.5. The molecule has 0 radical (unpaired) electrons. The van der Waals surface area contributed by atoms with Crippen LogP contribution in [-0.4, -0.2) is 24.7 Å². The van der Waals surface area contributed by atoms with Crippen LogP contribution in [0.3, 0.4) is 0 Å². The van der Waals surface area contributed by atoms with Gasteiger partial charge in [-0.1, -0.05) is 39.3 Å². The van der Waals surface area contributed by atoms with Crippen LogP contribution in [0.5, 0.6) is 11.5 Å². The third kappa shape index (κ3) is 4.24. The molecule has 0 bridgehead atoms. The molecule has 0 saturated heterocycles. The number of ether oxygens (including phenoxy) is 2. The Hall–Kier alpha value is -2.56. The second-order valence-corrected chi connectivity index (χ2v) is 7.57. The maximum absolute atomic E-state index is 12.6. The average Bonchev–Trinajstić information content (AvgIpc) is 2.98. The lowest BCUT2D eigenvalue weighted by atomic mass is 10.1. The van der Waals surface area contributed by atoms with Crippen molar-refractivity contribution in [3.05, 3.63) is 51.2 Å². The Labute approximate surface area is 169 Å². The Kier molecular flexibility index (Phi) is 5.99. The molecule has 1 heterocycles. The molecule has 1 aromatic heterocycles. The number of nitrogens with zero attached hydrogens (tertiary/aromatic N) is 2. The fourth-order valence-corrected chi connectivity index (χ4v) is 4.28. The molecule has 2 aromatic carbocycles. The Morgan fingerprint density at radius 1 is 1.26 bits per heavy atom. The van der Waals surface area contributed by atoms with E-state index in [0.717, 1.165) is 20.3 Å². The van der Waals surface area contributed by atoms with Gasteiger partial charge in [0, 0.05) is 16.1 Å². The lowest BCUT2D eigenvalue weighted by Crippen LogP contribution is -2.17. The summed E-state index contributed by atoms with van der Waals surface area (Å²) in [5.41, 5.74) is 1.70. The van der Waals surface area contributed by atoms with Gasteiger partial charge in [0.25, 0.3) is 5.91 Å². The summed E-state index contributed by atoms with van der Waals surface area (Å²) in [5.74, 6) is 3.62. The third-order valence-corrected chi connectivity index (χ3v) is 5.48. The molecule has 1 amide bonds. The van der Waals surface area contributed by atoms with Gasteiger partial charge in [0.2, 0.25) is 0 Å². The molecule has 3 rings (SSSR count). The minimum absolute atomic E-state index is 0.126. The van der Waals surface area contributed by atoms with Crippen LogP contribution in [0.1, 0.15) is 5.56 Å². The van der Waals surface area contributed by atoms with E-state index in [2.05, 4.69) is 26.8 Å². The van der Waals surface area contributed by atoms with Gasteiger partial charge >= 0.3 is 0 Å². The summed E-state index contributed by atoms with van der Waals surface area (Å²) in [6.45, 7) is 0.347. The lowest BCUT2D eigenvalue weighted by molar-refractivity contribution is -0.117. The summed E-state index contributed by atoms with van der Waals surface area (Å²) >= 11 is 4.89. The Bertz CT molecular complexity index is 1110. The number of amides is 1. The van der Waals surface area contributed by atoms with Gasteiger partial charge in [0.05, 0.1) is 37.4 Å². The zero-order valence-corrected chi connectivity index (χ0v) is 17.3. The number of fused-ring (bicyclic) bond motifs is 1. The van der Waals surface area contributed by atoms with E-state index in [0.29, 0.717) is 22.8 Å². The van der Waals surface area contributed by atoms with E-state index in [1.165, 1.54) is 11.3 Å². The highest BCUT2D eigenvalue weighted by atomic mass is 79.9. The van der Waals surface area contributed by atoms with Crippen molar-refractivity contribution in [1.29, 1.82) is 0 Å². The molecule has 0 spiro atoms. The summed E-state index contributed by atoms with van der Waals surface area (Å²) in [7, 11) is 3.14. The second kappa shape index (κ2) is 8.42. The standard InChI is InChI=1S/C20H17BrN2O3S/c1-4-9-23-16-8-6-14(21)11-18(16)27-20(23)22-19(24)10-13-5-7-15(25-2)12-17(13)26-3/h1,5-8,11-12H,9-10H2,2-3H3. The topological polar surface area (TPSA) is 52.8 Å². The number of rotatable bonds is 5. The molecule has 0 fully saturated rings. The van der Waals surface area contributed by atoms with Crippen molar-refractivity contribution in [2.45, 2.75) is 13.0 Å². The van der Waals surface area contributed by atoms with Crippen molar-refractivity contribution in [3.8, 4) is 23.8 Å². The first kappa shape index (κ1) is 19.2. The number of carbonyl (C=O) groups is 1. The summed E-state index contributed by atoms with van der Waals surface area (Å²) in [6, 6.07) is 11.2. The average molecular weight is 445 g/mol. The first-order valence-corrected chi connectivity index (χ1v) is 9.67. The SMILES string of the molecule is C#CCn1c(=NC(=O)Cc2ccc(OC)cc2OC)sc2cc(Br)ccc21. The highest BCUT2D eigenvalue weighted by Crippen LogP contribution is 2.25. The number of benzene rings is 2. The molecule has 0 aliphatic carbocycles. The fourth-order valence-electron chi connectivity index (χ4n) is 2.68. The Morgan fingerprint density at radius 3 is 2.78 bits per heavy atom. The maximum atomic E-state index is 12.6. The number of methoxy groups -OCH3 is 2. The molecule has 0 aliphatic rings. The van der Waals surface area contributed by atoms with Crippen molar-refractivity contribution in [2.24, 2.45) is 4.99 Å². The molecule has 27 heavy (non-hydrogen) atoms. The minimum Gasteiger partial charge on any atom is -0.497 e. The summed E-state index contributed by atoms with van der Waals surface area (Å²) in [5, 5.41) is 0. The highest BCUT2D eigenvalue weighted by molar-refractivity contribution is 9.10. The van der Waals surface area contributed by atoms with Gasteiger partial charge < -0.3 is 14.0 Å². The van der Waals surface area contributed by atoms with Gasteiger partial charge in [-0.3, -0.25) is 4.79 Å². The van der Waals surface area contributed by atoms with E-state index >= 15 is 0 Å². The molecule has 0 aliphatic heterocycles. The predicted molar refractivity (Wildman–Crippen MR) is 110 cm³/mol. The first-order chi connectivity index (χ1) is 13.0. The summed E-state index contributed by atoms with van der Waals surface area (Å²) < 4.78 is 14.4. The van der Waals surface area contributed by atoms with Crippen molar-refractivity contribution in [3.63, 3.8) is 0 Å². The molecule has 0 unspecified atom stereocenters. The predicted octanol–water partition coefficient (Wildman–Crippen LogP) is 3.79. The van der Waals surface area contributed by atoms with Crippen LogP contribution >= 0.6 is 27.3 Å². The maximum Gasteiger partial charge on any atom is 0.252 e. The van der Waals surface area contributed by atoms with Crippen LogP contribution < -0.4 is 14.3 Å². The number of halogens is 1. The van der Waals surface area contributed by atoms with E-state index in [1.807, 2.05) is 28.8 Å². The van der Waals surface area contributed by atoms with Crippen molar-refractivity contribution in [2.75, 3.05) is 14.2 Å². The molecule has 3 aromatic rings. The van der Waals surface area contributed by atoms with E-state index in [4.69, 9.17) is 15.9 Å². The van der Waals surface area contributed by atoms with Crippen LogP contribution in [0.2, 0.25) is 0 Å². The molecular weight excluding hydrogens is 428 g/mol. The molecule has 7 heteroatoms. The molecular formula is C20H17BrN2O3S. The smallest absolute Gasteiger partial charge is 0.252 e. The zero-order valence-electron chi connectivity index (χ0n) is 14.9. The van der Waals surface area contributed by atoms with Crippen LogP contribution in [0.4, 0.5) is 0 Å². The van der Waals surface area contributed by atoms with E-state index < -0.39 is 0 Å². The monoisotopic (exact) mass is 444 g/mol. The van der Waals surface area contributed by atoms with Crippen LogP contribution in [0.25, 0.3) is 10.2 Å². The molecule has 0 saturated carbocycles. The van der Waals surface area contributed by atoms with Crippen LogP contribution in [0, 0.1) is 12.3 Å². The van der Waals surface area contributed by atoms with Gasteiger partial charge in [-0.2, -0.15) is 4.99 Å². The Morgan fingerprint density at radius 2 is 2.07 bits per heavy atom. The van der Waals surface area contributed by atoms with E-state index in [-0.39, 0.29) is 12.3 Å². The van der Waals surface area contributed by atoms with Gasteiger partial charge in [-0.15, -0.1) is 6.42 Å². The number of aromatic nitrogens is 1. The number of terminal acetylenes is 1. The van der Waals surface area contributed by atoms with Gasteiger partial charge in [0.1, 0.15) is 11.5 Å². The third-order valence-electron chi connectivity index (χ3n) is 3.95. The van der Waals surface area contributed by atoms with Gasteiger partial charge in [-0.05, 0) is 24.3 Å². The minimum atomic E-state index is -0.269. The van der Waals surface area contributed by atoms with Crippen LogP contribution in [0.15, 0.2) is 45.9 Å². The Balaban J connectivity index is 1.98. The quantitative estimate of drug-likeness (QED) is 0.562. The van der Waals surface area contributed by atoms with Gasteiger partial charge in [0.15, 0.2) is 4.80 Å². The van der Waals surface area contributed by atoms with Gasteiger partial charge in [-0.25, -0.2) is 0 Å². The number of hydrogen-bond donors (Lipinski definition) is 0. The van der Waals surface area contributed by atoms with Crippen molar-refractivity contribution < 1.29 is 14.3 Å². The molecule has 5 nitrogen and oxygen atoms in total. The molecule has 138 valence electrons. The normalized spacial score (nSPS) is 11.4. The zero-order chi connectivity index (χ0) is 19.4. The van der Waals surface area contributed by atoms with E-state index in [9.17, 15) is 4.79 Å². The lowest BCUT2D eigenvalue weighted by Gasteiger charge is -2.08. The number of carbonyl (C=O) groups excluding carboxylic acids is 1. The second-order valence-electron chi connectivity index (χ2n) is 5.65. The molecule has 0 N–H and O–H groups in total. The largest absolute Gasteiger partial charge is 0.497 e. The highest BCUT2D eigenvalue weighted by Gasteiger charge is 2.11. The number of thiazole rings is 1. The van der Waals surface area contributed by atoms with Crippen LogP contribution in [-0.2, 0) is 17.8 Å². The summed E-state index contributed by atoms with van der Waals surface area (Å²) in [6.07, 6.45) is 5.62. The molecule has 0 atom stereocenters. The first-order valence-electron chi connectivity index (χ1n) is 8.06. The van der Waals surface area contributed by atoms with Crippen molar-refractivity contribution in [1.82, 2.24) is 4.57 Å². The van der Waals surface area contributed by atoms with E-state index in [1.54, 1.807) is 26.4 Å². The van der Waals surface area contributed by atoms with Crippen molar-refractivity contribution >= 4 is 43.4 Å². The number of hydrogen-bond acceptors (Lipinski definition) is 4.